The predicted octanol–water partition coefficient (Wildman–Crippen LogP) is 4.57. The molecular formula is C16H18ClNOS. The average Bonchev–Trinajstić information content (AvgIpc) is 2.92. The van der Waals surface area contributed by atoms with Gasteiger partial charge < -0.3 is 5.32 Å². The molecule has 1 aliphatic carbocycles. The number of nitrogens with one attached hydrogen (secondary N) is 1. The van der Waals surface area contributed by atoms with Gasteiger partial charge in [-0.15, -0.1) is 22.9 Å². The molecule has 2 aromatic rings. The number of halogens is 1. The molecule has 0 unspecified atom stereocenters. The van der Waals surface area contributed by atoms with Gasteiger partial charge in [0, 0.05) is 21.3 Å². The van der Waals surface area contributed by atoms with Crippen LogP contribution in [0.3, 0.4) is 0 Å². The Morgan fingerprint density at radius 1 is 1.25 bits per heavy atom. The van der Waals surface area contributed by atoms with Gasteiger partial charge in [-0.2, -0.15) is 0 Å². The standard InChI is InChI=1S/C16H18ClNOS/c17-11-16(8-4-1-5-9-16)18-15(19)13-10-20-14-7-3-2-6-12(13)14/h2-3,6-7,10H,1,4-5,8-9,11H2,(H,18,19). The first-order valence-corrected chi connectivity index (χ1v) is 8.50. The third-order valence-corrected chi connectivity index (χ3v) is 5.65. The van der Waals surface area contributed by atoms with Crippen molar-refractivity contribution in [1.29, 1.82) is 0 Å². The fourth-order valence-electron chi connectivity index (χ4n) is 2.98. The average molecular weight is 308 g/mol. The van der Waals surface area contributed by atoms with Crippen molar-refractivity contribution >= 4 is 38.9 Å². The summed E-state index contributed by atoms with van der Waals surface area (Å²) in [5.41, 5.74) is 0.570. The zero-order valence-corrected chi connectivity index (χ0v) is 12.9. The van der Waals surface area contributed by atoms with Gasteiger partial charge in [0.25, 0.3) is 5.91 Å². The van der Waals surface area contributed by atoms with Crippen LogP contribution in [-0.4, -0.2) is 17.3 Å². The molecule has 0 saturated heterocycles. The summed E-state index contributed by atoms with van der Waals surface area (Å²) in [7, 11) is 0. The van der Waals surface area contributed by atoms with E-state index in [9.17, 15) is 4.79 Å². The fraction of sp³-hybridized carbons (Fsp3) is 0.438. The largest absolute Gasteiger partial charge is 0.345 e. The third kappa shape index (κ3) is 2.57. The molecule has 1 amide bonds. The van der Waals surface area contributed by atoms with E-state index in [1.54, 1.807) is 11.3 Å². The van der Waals surface area contributed by atoms with Gasteiger partial charge in [-0.1, -0.05) is 37.5 Å². The van der Waals surface area contributed by atoms with Crippen molar-refractivity contribution in [3.05, 3.63) is 35.2 Å². The number of carbonyl (C=O) groups excluding carboxylic acids is 1. The molecule has 1 heterocycles. The molecule has 0 atom stereocenters. The summed E-state index contributed by atoms with van der Waals surface area (Å²) in [6, 6.07) is 8.04. The van der Waals surface area contributed by atoms with Crippen molar-refractivity contribution in [3.63, 3.8) is 0 Å². The summed E-state index contributed by atoms with van der Waals surface area (Å²) in [4.78, 5) is 12.6. The Bertz CT molecular complexity index is 616. The molecular weight excluding hydrogens is 290 g/mol. The van der Waals surface area contributed by atoms with E-state index in [-0.39, 0.29) is 11.4 Å². The van der Waals surface area contributed by atoms with E-state index >= 15 is 0 Å². The maximum atomic E-state index is 12.6. The van der Waals surface area contributed by atoms with Crippen molar-refractivity contribution in [2.45, 2.75) is 37.6 Å². The van der Waals surface area contributed by atoms with E-state index in [0.29, 0.717) is 5.88 Å². The molecule has 0 spiro atoms. The minimum absolute atomic E-state index is 0.0185. The smallest absolute Gasteiger partial charge is 0.253 e. The Hall–Kier alpha value is -1.06. The van der Waals surface area contributed by atoms with Gasteiger partial charge in [-0.3, -0.25) is 4.79 Å². The maximum Gasteiger partial charge on any atom is 0.253 e. The van der Waals surface area contributed by atoms with Crippen molar-refractivity contribution < 1.29 is 4.79 Å². The molecule has 106 valence electrons. The van der Waals surface area contributed by atoms with Gasteiger partial charge in [0.15, 0.2) is 0 Å². The quantitative estimate of drug-likeness (QED) is 0.827. The first kappa shape index (κ1) is 13.9. The molecule has 1 aliphatic rings. The van der Waals surface area contributed by atoms with Gasteiger partial charge in [0.05, 0.1) is 11.1 Å². The van der Waals surface area contributed by atoms with E-state index < -0.39 is 0 Å². The molecule has 1 aromatic heterocycles. The van der Waals surface area contributed by atoms with E-state index in [1.807, 2.05) is 23.6 Å². The SMILES string of the molecule is O=C(NC1(CCl)CCCCC1)c1csc2ccccc12. The zero-order valence-electron chi connectivity index (χ0n) is 11.3. The highest BCUT2D eigenvalue weighted by Gasteiger charge is 2.33. The highest BCUT2D eigenvalue weighted by Crippen LogP contribution is 2.31. The van der Waals surface area contributed by atoms with Crippen molar-refractivity contribution in [2.24, 2.45) is 0 Å². The summed E-state index contributed by atoms with van der Waals surface area (Å²) in [6.07, 6.45) is 5.53. The van der Waals surface area contributed by atoms with Gasteiger partial charge in [0.2, 0.25) is 0 Å². The Morgan fingerprint density at radius 2 is 2.00 bits per heavy atom. The minimum Gasteiger partial charge on any atom is -0.345 e. The van der Waals surface area contributed by atoms with E-state index in [0.717, 1.165) is 41.3 Å². The summed E-state index contributed by atoms with van der Waals surface area (Å²) in [5, 5.41) is 6.20. The Morgan fingerprint density at radius 3 is 2.75 bits per heavy atom. The fourth-order valence-corrected chi connectivity index (χ4v) is 4.26. The normalized spacial score (nSPS) is 18.1. The summed E-state index contributed by atoms with van der Waals surface area (Å²) >= 11 is 7.77. The lowest BCUT2D eigenvalue weighted by Gasteiger charge is -2.36. The molecule has 4 heteroatoms. The van der Waals surface area contributed by atoms with Crippen LogP contribution < -0.4 is 5.32 Å². The molecule has 1 fully saturated rings. The van der Waals surface area contributed by atoms with Crippen LogP contribution >= 0.6 is 22.9 Å². The molecule has 1 saturated carbocycles. The number of rotatable bonds is 3. The molecule has 1 aromatic carbocycles. The molecule has 0 bridgehead atoms. The molecule has 20 heavy (non-hydrogen) atoms. The van der Waals surface area contributed by atoms with Crippen molar-refractivity contribution in [1.82, 2.24) is 5.32 Å². The molecule has 2 nitrogen and oxygen atoms in total. The van der Waals surface area contributed by atoms with Crippen LogP contribution in [0.15, 0.2) is 29.6 Å². The van der Waals surface area contributed by atoms with Crippen LogP contribution in [0.1, 0.15) is 42.5 Å². The zero-order chi connectivity index (χ0) is 14.0. The van der Waals surface area contributed by atoms with Crippen LogP contribution in [0.5, 0.6) is 0 Å². The summed E-state index contributed by atoms with van der Waals surface area (Å²) in [5.74, 6) is 0.519. The minimum atomic E-state index is -0.208. The molecule has 3 rings (SSSR count). The van der Waals surface area contributed by atoms with Crippen LogP contribution in [0, 0.1) is 0 Å². The Kier molecular flexibility index (Phi) is 3.99. The number of hydrogen-bond donors (Lipinski definition) is 1. The third-order valence-electron chi connectivity index (χ3n) is 4.17. The van der Waals surface area contributed by atoms with Crippen molar-refractivity contribution in [3.8, 4) is 0 Å². The number of hydrogen-bond acceptors (Lipinski definition) is 2. The second kappa shape index (κ2) is 5.74. The lowest BCUT2D eigenvalue weighted by atomic mass is 9.83. The Balaban J connectivity index is 1.85. The molecule has 0 radical (unpaired) electrons. The molecule has 1 N–H and O–H groups in total. The van der Waals surface area contributed by atoms with E-state index in [1.165, 1.54) is 6.42 Å². The lowest BCUT2D eigenvalue weighted by Crippen LogP contribution is -2.51. The highest BCUT2D eigenvalue weighted by atomic mass is 35.5. The maximum absolute atomic E-state index is 12.6. The first-order chi connectivity index (χ1) is 9.74. The number of benzene rings is 1. The summed E-state index contributed by atoms with van der Waals surface area (Å²) in [6.45, 7) is 0. The number of thiophene rings is 1. The second-order valence-electron chi connectivity index (χ2n) is 5.57. The van der Waals surface area contributed by atoms with Crippen LogP contribution in [-0.2, 0) is 0 Å². The molecule has 0 aliphatic heterocycles. The highest BCUT2D eigenvalue weighted by molar-refractivity contribution is 7.17. The monoisotopic (exact) mass is 307 g/mol. The van der Waals surface area contributed by atoms with E-state index in [4.69, 9.17) is 11.6 Å². The topological polar surface area (TPSA) is 29.1 Å². The number of carbonyl (C=O) groups is 1. The number of alkyl halides is 1. The van der Waals surface area contributed by atoms with Gasteiger partial charge in [-0.25, -0.2) is 0 Å². The van der Waals surface area contributed by atoms with Gasteiger partial charge in [-0.05, 0) is 18.9 Å². The predicted molar refractivity (Wildman–Crippen MR) is 85.8 cm³/mol. The van der Waals surface area contributed by atoms with Crippen LogP contribution in [0.4, 0.5) is 0 Å². The lowest BCUT2D eigenvalue weighted by molar-refractivity contribution is 0.0887. The van der Waals surface area contributed by atoms with E-state index in [2.05, 4.69) is 11.4 Å². The van der Waals surface area contributed by atoms with Gasteiger partial charge in [0.1, 0.15) is 0 Å². The van der Waals surface area contributed by atoms with Crippen LogP contribution in [0.2, 0.25) is 0 Å². The van der Waals surface area contributed by atoms with Crippen LogP contribution in [0.25, 0.3) is 10.1 Å². The summed E-state index contributed by atoms with van der Waals surface area (Å²) < 4.78 is 1.15. The van der Waals surface area contributed by atoms with Crippen molar-refractivity contribution in [2.75, 3.05) is 5.88 Å². The Labute approximate surface area is 128 Å². The number of amides is 1. The second-order valence-corrected chi connectivity index (χ2v) is 6.75. The number of fused-ring (bicyclic) bond motifs is 1. The van der Waals surface area contributed by atoms with Gasteiger partial charge >= 0.3 is 0 Å². The first-order valence-electron chi connectivity index (χ1n) is 7.09.